The zero-order chi connectivity index (χ0) is 75.5. The summed E-state index contributed by atoms with van der Waals surface area (Å²) in [4.78, 5) is 73.2. The number of rotatable bonds is 84. The van der Waals surface area contributed by atoms with Crippen molar-refractivity contribution in [3.63, 3.8) is 0 Å². The minimum absolute atomic E-state index is 0.108. The normalized spacial score (nSPS) is 13.8. The lowest BCUT2D eigenvalue weighted by Gasteiger charge is -2.21. The molecule has 0 saturated heterocycles. The first kappa shape index (κ1) is 101. The molecule has 0 aromatic heterocycles. The average molecular weight is 1510 g/mol. The first-order valence-electron chi connectivity index (χ1n) is 43.6. The third kappa shape index (κ3) is 78.0. The number of esters is 4. The van der Waals surface area contributed by atoms with Crippen LogP contribution in [-0.4, -0.2) is 96.7 Å². The Balaban J connectivity index is 5.24. The summed E-state index contributed by atoms with van der Waals surface area (Å²) in [5.41, 5.74) is 0. The van der Waals surface area contributed by atoms with Crippen molar-refractivity contribution >= 4 is 39.5 Å². The Morgan fingerprint density at radius 3 is 0.660 bits per heavy atom. The van der Waals surface area contributed by atoms with Gasteiger partial charge in [0.2, 0.25) is 0 Å². The van der Waals surface area contributed by atoms with Gasteiger partial charge in [-0.15, -0.1) is 0 Å². The lowest BCUT2D eigenvalue weighted by Crippen LogP contribution is -2.30. The average Bonchev–Trinajstić information content (AvgIpc) is 0.962. The van der Waals surface area contributed by atoms with Crippen molar-refractivity contribution in [3.05, 3.63) is 0 Å². The number of unbranched alkanes of at least 4 members (excludes halogenated alkanes) is 56. The molecule has 3 N–H and O–H groups in total. The van der Waals surface area contributed by atoms with E-state index < -0.39 is 97.5 Å². The molecule has 0 fully saturated rings. The van der Waals surface area contributed by atoms with Crippen LogP contribution in [0.5, 0.6) is 0 Å². The zero-order valence-electron chi connectivity index (χ0n) is 67.5. The lowest BCUT2D eigenvalue weighted by molar-refractivity contribution is -0.161. The van der Waals surface area contributed by atoms with Crippen molar-refractivity contribution in [2.24, 2.45) is 5.92 Å². The number of carbonyl (C=O) groups excluding carboxylic acids is 4. The van der Waals surface area contributed by atoms with Crippen molar-refractivity contribution < 1.29 is 80.2 Å². The van der Waals surface area contributed by atoms with Crippen molar-refractivity contribution in [1.82, 2.24) is 0 Å². The fourth-order valence-corrected chi connectivity index (χ4v) is 14.7. The summed E-state index contributed by atoms with van der Waals surface area (Å²) in [6.07, 6.45) is 69.3. The molecule has 5 atom stereocenters. The highest BCUT2D eigenvalue weighted by atomic mass is 31.2. The fraction of sp³-hybridized carbons (Fsp3) is 0.952. The molecule has 19 heteroatoms. The number of ether oxygens (including phenoxy) is 4. The molecule has 0 heterocycles. The van der Waals surface area contributed by atoms with Gasteiger partial charge in [0.05, 0.1) is 26.4 Å². The number of aliphatic hydroxyl groups is 1. The summed E-state index contributed by atoms with van der Waals surface area (Å²) in [6.45, 7) is 7.38. The van der Waals surface area contributed by atoms with E-state index in [0.717, 1.165) is 95.8 Å². The van der Waals surface area contributed by atoms with Gasteiger partial charge in [0, 0.05) is 25.7 Å². The molecule has 0 aromatic rings. The monoisotopic (exact) mass is 1510 g/mol. The smallest absolute Gasteiger partial charge is 0.462 e. The van der Waals surface area contributed by atoms with Crippen molar-refractivity contribution in [1.29, 1.82) is 0 Å². The molecule has 0 amide bonds. The summed E-state index contributed by atoms with van der Waals surface area (Å²) in [5.74, 6) is -1.29. The van der Waals surface area contributed by atoms with Crippen LogP contribution in [0.4, 0.5) is 0 Å². The second-order valence-electron chi connectivity index (χ2n) is 30.7. The molecule has 0 radical (unpaired) electrons. The standard InChI is InChI=1S/C84H164O17P2/c1-6-9-12-15-18-21-24-27-28-29-30-31-32-35-40-45-50-55-60-65-70-84(89)101-80(74-95-82(87)68-63-58-53-48-43-39-36-33-34-38-41-46-51-56-61-66-77(4)5)76-99-103(92,93)97-72-78(85)71-96-102(90,91)98-75-79(73-94-81(86)67-62-57-52-47-42-26-23-20-17-14-11-8-3)100-83(88)69-64-59-54-49-44-37-25-22-19-16-13-10-7-2/h77-80,85H,6-76H2,1-5H3,(H,90,91)(H,92,93)/t78-,79+,80+/m0/s1. The minimum atomic E-state index is -4.96. The van der Waals surface area contributed by atoms with Crippen LogP contribution >= 0.6 is 15.6 Å². The topological polar surface area (TPSA) is 237 Å². The number of hydrogen-bond donors (Lipinski definition) is 3. The van der Waals surface area contributed by atoms with E-state index in [1.807, 2.05) is 0 Å². The van der Waals surface area contributed by atoms with Gasteiger partial charge in [-0.25, -0.2) is 9.13 Å². The van der Waals surface area contributed by atoms with Crippen molar-refractivity contribution in [2.75, 3.05) is 39.6 Å². The van der Waals surface area contributed by atoms with Crippen LogP contribution in [0, 0.1) is 5.92 Å². The first-order valence-corrected chi connectivity index (χ1v) is 46.6. The molecule has 0 aliphatic rings. The molecule has 0 aromatic carbocycles. The third-order valence-corrected chi connectivity index (χ3v) is 21.7. The molecule has 0 saturated carbocycles. The molecular formula is C84H164O17P2. The van der Waals surface area contributed by atoms with Gasteiger partial charge >= 0.3 is 39.5 Å². The van der Waals surface area contributed by atoms with Gasteiger partial charge in [-0.05, 0) is 31.6 Å². The highest BCUT2D eigenvalue weighted by Crippen LogP contribution is 2.45. The van der Waals surface area contributed by atoms with E-state index in [9.17, 15) is 43.2 Å². The summed E-state index contributed by atoms with van der Waals surface area (Å²) in [5, 5.41) is 10.7. The maximum Gasteiger partial charge on any atom is 0.472 e. The number of hydrogen-bond acceptors (Lipinski definition) is 15. The highest BCUT2D eigenvalue weighted by molar-refractivity contribution is 7.47. The Kier molecular flexibility index (Phi) is 75.4. The van der Waals surface area contributed by atoms with Gasteiger partial charge < -0.3 is 33.8 Å². The van der Waals surface area contributed by atoms with Crippen LogP contribution in [-0.2, 0) is 65.4 Å². The van der Waals surface area contributed by atoms with E-state index in [0.29, 0.717) is 25.7 Å². The molecule has 0 spiro atoms. The summed E-state index contributed by atoms with van der Waals surface area (Å²) in [7, 11) is -9.92. The second-order valence-corrected chi connectivity index (χ2v) is 33.6. The van der Waals surface area contributed by atoms with E-state index in [-0.39, 0.29) is 25.7 Å². The van der Waals surface area contributed by atoms with Crippen molar-refractivity contribution in [2.45, 2.75) is 470 Å². The molecule has 0 aliphatic heterocycles. The number of aliphatic hydroxyl groups excluding tert-OH is 1. The van der Waals surface area contributed by atoms with Gasteiger partial charge in [0.15, 0.2) is 12.2 Å². The van der Waals surface area contributed by atoms with Crippen LogP contribution in [0.15, 0.2) is 0 Å². The van der Waals surface area contributed by atoms with E-state index in [4.69, 9.17) is 37.0 Å². The lowest BCUT2D eigenvalue weighted by atomic mass is 10.0. The molecule has 612 valence electrons. The molecule has 2 unspecified atom stereocenters. The third-order valence-electron chi connectivity index (χ3n) is 19.8. The Labute approximate surface area is 632 Å². The van der Waals surface area contributed by atoms with Crippen LogP contribution in [0.2, 0.25) is 0 Å². The van der Waals surface area contributed by atoms with Crippen LogP contribution in [0.1, 0.15) is 452 Å². The van der Waals surface area contributed by atoms with Gasteiger partial charge in [-0.2, -0.15) is 0 Å². The number of carbonyl (C=O) groups is 4. The summed E-state index contributed by atoms with van der Waals surface area (Å²) >= 11 is 0. The summed E-state index contributed by atoms with van der Waals surface area (Å²) < 4.78 is 68.8. The largest absolute Gasteiger partial charge is 0.472 e. The fourth-order valence-electron chi connectivity index (χ4n) is 13.1. The molecule has 0 bridgehead atoms. The molecule has 103 heavy (non-hydrogen) atoms. The van der Waals surface area contributed by atoms with Crippen LogP contribution < -0.4 is 0 Å². The molecule has 0 aliphatic carbocycles. The van der Waals surface area contributed by atoms with Crippen molar-refractivity contribution in [3.8, 4) is 0 Å². The minimum Gasteiger partial charge on any atom is -0.462 e. The molecule has 0 rings (SSSR count). The maximum absolute atomic E-state index is 13.1. The Bertz CT molecular complexity index is 1960. The quantitative estimate of drug-likeness (QED) is 0.0222. The molecule has 17 nitrogen and oxygen atoms in total. The van der Waals surface area contributed by atoms with E-state index in [2.05, 4.69) is 34.6 Å². The Hall–Kier alpha value is -1.94. The maximum atomic E-state index is 13.1. The Morgan fingerprint density at radius 2 is 0.447 bits per heavy atom. The van der Waals surface area contributed by atoms with Gasteiger partial charge in [-0.3, -0.25) is 37.3 Å². The van der Waals surface area contributed by atoms with E-state index >= 15 is 0 Å². The Morgan fingerprint density at radius 1 is 0.262 bits per heavy atom. The number of phosphoric acid groups is 2. The zero-order valence-corrected chi connectivity index (χ0v) is 69.3. The highest BCUT2D eigenvalue weighted by Gasteiger charge is 2.30. The van der Waals surface area contributed by atoms with Gasteiger partial charge in [0.25, 0.3) is 0 Å². The van der Waals surface area contributed by atoms with Crippen LogP contribution in [0.3, 0.4) is 0 Å². The predicted octanol–water partition coefficient (Wildman–Crippen LogP) is 25.6. The van der Waals surface area contributed by atoms with Crippen LogP contribution in [0.25, 0.3) is 0 Å². The first-order chi connectivity index (χ1) is 50.0. The van der Waals surface area contributed by atoms with E-state index in [1.54, 1.807) is 0 Å². The SMILES string of the molecule is CCCCCCCCCCCCCCCCCCCCCCC(=O)O[C@H](COC(=O)CCCCCCCCCCCCCCCCCC(C)C)COP(=O)(O)OC[C@@H](O)COP(=O)(O)OC[C@@H](COC(=O)CCCCCCCCCCCCCC)OC(=O)CCCCCCCCCCCCCCC. The predicted molar refractivity (Wildman–Crippen MR) is 423 cm³/mol. The molecular weight excluding hydrogens is 1340 g/mol. The van der Waals surface area contributed by atoms with Gasteiger partial charge in [0.1, 0.15) is 19.3 Å². The second kappa shape index (κ2) is 76.8. The van der Waals surface area contributed by atoms with Gasteiger partial charge in [-0.1, -0.05) is 401 Å². The summed E-state index contributed by atoms with van der Waals surface area (Å²) in [6, 6.07) is 0. The van der Waals surface area contributed by atoms with E-state index in [1.165, 1.54) is 276 Å². The number of phosphoric ester groups is 2.